The summed E-state index contributed by atoms with van der Waals surface area (Å²) in [4.78, 5) is 0. The lowest BCUT2D eigenvalue weighted by molar-refractivity contribution is 0.142. The fraction of sp³-hybridized carbons (Fsp3) is 0.538. The van der Waals surface area contributed by atoms with E-state index < -0.39 is 0 Å². The van der Waals surface area contributed by atoms with Crippen molar-refractivity contribution in [1.82, 2.24) is 0 Å². The zero-order chi connectivity index (χ0) is 11.8. The van der Waals surface area contributed by atoms with Gasteiger partial charge in [-0.3, -0.25) is 0 Å². The van der Waals surface area contributed by atoms with Crippen LogP contribution in [0, 0.1) is 0 Å². The van der Waals surface area contributed by atoms with Gasteiger partial charge >= 0.3 is 0 Å². The number of halogens is 2. The molecule has 1 nitrogen and oxygen atoms in total. The molecule has 1 aromatic rings. The third-order valence-electron chi connectivity index (χ3n) is 2.58. The number of benzene rings is 1. The van der Waals surface area contributed by atoms with E-state index >= 15 is 0 Å². The summed E-state index contributed by atoms with van der Waals surface area (Å²) in [7, 11) is 0. The van der Waals surface area contributed by atoms with E-state index in [2.05, 4.69) is 34.1 Å². The lowest BCUT2D eigenvalue weighted by Crippen LogP contribution is -2.04. The van der Waals surface area contributed by atoms with E-state index in [-0.39, 0.29) is 0 Å². The van der Waals surface area contributed by atoms with Gasteiger partial charge in [-0.2, -0.15) is 0 Å². The van der Waals surface area contributed by atoms with Crippen LogP contribution in [-0.2, 0) is 4.74 Å². The summed E-state index contributed by atoms with van der Waals surface area (Å²) in [6.45, 7) is 3.64. The monoisotopic (exact) mass is 304 g/mol. The summed E-state index contributed by atoms with van der Waals surface area (Å²) in [5.41, 5.74) is 1.30. The molecule has 0 aliphatic rings. The highest BCUT2D eigenvalue weighted by atomic mass is 79.9. The Bertz CT molecular complexity index is 304. The zero-order valence-corrected chi connectivity index (χ0v) is 11.9. The average molecular weight is 306 g/mol. The quantitative estimate of drug-likeness (QED) is 0.529. The van der Waals surface area contributed by atoms with Gasteiger partial charge in [0, 0.05) is 23.6 Å². The standard InChI is InChI=1S/C13H18BrClO/c1-2-16-9-5-6-11(10-15)12-7-3-4-8-13(12)14/h3-4,7-8,11H,2,5-6,9-10H2,1H3. The molecule has 1 aromatic carbocycles. The number of alkyl halides is 1. The summed E-state index contributed by atoms with van der Waals surface area (Å²) in [5.74, 6) is 1.08. The van der Waals surface area contributed by atoms with E-state index in [4.69, 9.17) is 16.3 Å². The minimum absolute atomic E-state index is 0.415. The van der Waals surface area contributed by atoms with Gasteiger partial charge in [0.25, 0.3) is 0 Å². The second kappa shape index (κ2) is 8.10. The smallest absolute Gasteiger partial charge is 0.0466 e. The summed E-state index contributed by atoms with van der Waals surface area (Å²) in [6, 6.07) is 8.29. The molecule has 1 atom stereocenters. The predicted octanol–water partition coefficient (Wildman–Crippen LogP) is 4.59. The summed E-state index contributed by atoms with van der Waals surface area (Å²) in [5, 5.41) is 0. The van der Waals surface area contributed by atoms with Crippen LogP contribution in [0.3, 0.4) is 0 Å². The molecule has 0 aliphatic carbocycles. The van der Waals surface area contributed by atoms with Gasteiger partial charge < -0.3 is 4.74 Å². The topological polar surface area (TPSA) is 9.23 Å². The van der Waals surface area contributed by atoms with E-state index in [9.17, 15) is 0 Å². The maximum Gasteiger partial charge on any atom is 0.0466 e. The van der Waals surface area contributed by atoms with Crippen molar-refractivity contribution in [2.75, 3.05) is 19.1 Å². The molecular formula is C13H18BrClO. The first kappa shape index (κ1) is 14.0. The molecule has 1 unspecified atom stereocenters. The van der Waals surface area contributed by atoms with Gasteiger partial charge in [-0.05, 0) is 37.3 Å². The van der Waals surface area contributed by atoms with Crippen molar-refractivity contribution < 1.29 is 4.74 Å². The molecular weight excluding hydrogens is 287 g/mol. The van der Waals surface area contributed by atoms with Crippen LogP contribution in [0.25, 0.3) is 0 Å². The van der Waals surface area contributed by atoms with Crippen LogP contribution in [0.1, 0.15) is 31.2 Å². The number of hydrogen-bond donors (Lipinski definition) is 0. The molecule has 0 bridgehead atoms. The lowest BCUT2D eigenvalue weighted by atomic mass is 9.96. The van der Waals surface area contributed by atoms with E-state index in [1.54, 1.807) is 0 Å². The summed E-state index contributed by atoms with van der Waals surface area (Å²) < 4.78 is 6.49. The van der Waals surface area contributed by atoms with Gasteiger partial charge in [-0.1, -0.05) is 34.1 Å². The summed E-state index contributed by atoms with van der Waals surface area (Å²) in [6.07, 6.45) is 2.14. The molecule has 0 N–H and O–H groups in total. The molecule has 0 saturated heterocycles. The highest BCUT2D eigenvalue weighted by molar-refractivity contribution is 9.10. The molecule has 0 saturated carbocycles. The molecule has 90 valence electrons. The molecule has 0 amide bonds. The number of ether oxygens (including phenoxy) is 1. The minimum Gasteiger partial charge on any atom is -0.382 e. The van der Waals surface area contributed by atoms with Gasteiger partial charge in [0.2, 0.25) is 0 Å². The first-order valence-corrected chi connectivity index (χ1v) is 7.00. The summed E-state index contributed by atoms with van der Waals surface area (Å²) >= 11 is 9.60. The first-order valence-electron chi connectivity index (χ1n) is 5.67. The van der Waals surface area contributed by atoms with Gasteiger partial charge in [-0.25, -0.2) is 0 Å². The van der Waals surface area contributed by atoms with Crippen LogP contribution in [0.2, 0.25) is 0 Å². The van der Waals surface area contributed by atoms with E-state index in [1.165, 1.54) is 5.56 Å². The number of rotatable bonds is 7. The second-order valence-electron chi connectivity index (χ2n) is 3.71. The largest absolute Gasteiger partial charge is 0.382 e. The molecule has 0 aliphatic heterocycles. The Labute approximate surface area is 111 Å². The van der Waals surface area contributed by atoms with Crippen molar-refractivity contribution >= 4 is 27.5 Å². The van der Waals surface area contributed by atoms with Crippen molar-refractivity contribution in [3.05, 3.63) is 34.3 Å². The Morgan fingerprint density at radius 3 is 2.75 bits per heavy atom. The third kappa shape index (κ3) is 4.44. The van der Waals surface area contributed by atoms with Crippen LogP contribution >= 0.6 is 27.5 Å². The molecule has 0 spiro atoms. The normalized spacial score (nSPS) is 12.7. The van der Waals surface area contributed by atoms with Crippen molar-refractivity contribution in [3.63, 3.8) is 0 Å². The van der Waals surface area contributed by atoms with Gasteiger partial charge in [-0.15, -0.1) is 11.6 Å². The van der Waals surface area contributed by atoms with Crippen molar-refractivity contribution in [3.8, 4) is 0 Å². The Hall–Kier alpha value is -0.0500. The SMILES string of the molecule is CCOCCCC(CCl)c1ccccc1Br. The van der Waals surface area contributed by atoms with Crippen molar-refractivity contribution in [1.29, 1.82) is 0 Å². The second-order valence-corrected chi connectivity index (χ2v) is 4.87. The van der Waals surface area contributed by atoms with Crippen LogP contribution in [0.5, 0.6) is 0 Å². The third-order valence-corrected chi connectivity index (χ3v) is 3.67. The highest BCUT2D eigenvalue weighted by Crippen LogP contribution is 2.29. The van der Waals surface area contributed by atoms with Crippen LogP contribution in [0.15, 0.2) is 28.7 Å². The van der Waals surface area contributed by atoms with Crippen LogP contribution < -0.4 is 0 Å². The molecule has 0 radical (unpaired) electrons. The molecule has 3 heteroatoms. The first-order chi connectivity index (χ1) is 7.79. The Morgan fingerprint density at radius 1 is 1.38 bits per heavy atom. The van der Waals surface area contributed by atoms with Crippen LogP contribution in [0.4, 0.5) is 0 Å². The molecule has 16 heavy (non-hydrogen) atoms. The molecule has 0 heterocycles. The Kier molecular flexibility index (Phi) is 7.10. The molecule has 0 fully saturated rings. The average Bonchev–Trinajstić information content (AvgIpc) is 2.31. The fourth-order valence-corrected chi connectivity index (χ4v) is 2.63. The van der Waals surface area contributed by atoms with Crippen molar-refractivity contribution in [2.45, 2.75) is 25.7 Å². The van der Waals surface area contributed by atoms with E-state index in [1.807, 2.05) is 13.0 Å². The highest BCUT2D eigenvalue weighted by Gasteiger charge is 2.12. The van der Waals surface area contributed by atoms with Crippen LogP contribution in [-0.4, -0.2) is 19.1 Å². The molecule has 1 rings (SSSR count). The zero-order valence-electron chi connectivity index (χ0n) is 9.59. The van der Waals surface area contributed by atoms with Gasteiger partial charge in [0.15, 0.2) is 0 Å². The van der Waals surface area contributed by atoms with Crippen molar-refractivity contribution in [2.24, 2.45) is 0 Å². The van der Waals surface area contributed by atoms with E-state index in [0.29, 0.717) is 11.8 Å². The molecule has 0 aromatic heterocycles. The Morgan fingerprint density at radius 2 is 2.12 bits per heavy atom. The van der Waals surface area contributed by atoms with Gasteiger partial charge in [0.1, 0.15) is 0 Å². The minimum atomic E-state index is 0.415. The maximum atomic E-state index is 6.03. The van der Waals surface area contributed by atoms with Gasteiger partial charge in [0.05, 0.1) is 0 Å². The lowest BCUT2D eigenvalue weighted by Gasteiger charge is -2.15. The fourth-order valence-electron chi connectivity index (χ4n) is 1.70. The Balaban J connectivity index is 2.51. The van der Waals surface area contributed by atoms with E-state index in [0.717, 1.165) is 30.5 Å². The number of hydrogen-bond acceptors (Lipinski definition) is 1. The maximum absolute atomic E-state index is 6.03. The predicted molar refractivity (Wildman–Crippen MR) is 73.3 cm³/mol.